The Bertz CT molecular complexity index is 1460. The number of alkyl carbamates (subject to hydrolysis) is 1. The number of benzene rings is 1. The minimum atomic E-state index is -1.14. The van der Waals surface area contributed by atoms with Crippen LogP contribution in [-0.4, -0.2) is 82.4 Å². The van der Waals surface area contributed by atoms with Crippen LogP contribution in [0, 0.1) is 0 Å². The number of nitrogens with zero attached hydrogens (tertiary/aromatic N) is 3. The number of ether oxygens (including phenoxy) is 3. The van der Waals surface area contributed by atoms with Crippen LogP contribution in [0.3, 0.4) is 0 Å². The first-order chi connectivity index (χ1) is 20.2. The number of aliphatic carboxylic acids is 1. The number of fused-ring (bicyclic) bond motifs is 1. The predicted octanol–water partition coefficient (Wildman–Crippen LogP) is 4.29. The summed E-state index contributed by atoms with van der Waals surface area (Å²) in [6.07, 6.45) is 2.31. The van der Waals surface area contributed by atoms with E-state index in [4.69, 9.17) is 19.2 Å². The number of thiazole rings is 1. The third kappa shape index (κ3) is 6.84. The Morgan fingerprint density at radius 2 is 1.90 bits per heavy atom. The van der Waals surface area contributed by atoms with Gasteiger partial charge in [-0.15, -0.1) is 11.3 Å². The molecule has 3 heterocycles. The third-order valence-electron chi connectivity index (χ3n) is 7.28. The molecule has 42 heavy (non-hydrogen) atoms. The Morgan fingerprint density at radius 1 is 1.12 bits per heavy atom. The van der Waals surface area contributed by atoms with Gasteiger partial charge in [-0.25, -0.2) is 19.6 Å². The summed E-state index contributed by atoms with van der Waals surface area (Å²) in [6, 6.07) is 6.34. The van der Waals surface area contributed by atoms with Gasteiger partial charge in [0.25, 0.3) is 0 Å². The quantitative estimate of drug-likeness (QED) is 0.309. The smallest absolute Gasteiger partial charge is 0.407 e. The first-order valence-electron chi connectivity index (χ1n) is 14.0. The van der Waals surface area contributed by atoms with E-state index in [1.807, 2.05) is 25.3 Å². The van der Waals surface area contributed by atoms with Crippen molar-refractivity contribution in [2.75, 3.05) is 25.5 Å². The van der Waals surface area contributed by atoms with E-state index in [1.165, 1.54) is 16.2 Å². The highest BCUT2D eigenvalue weighted by Crippen LogP contribution is 2.35. The topological polar surface area (TPSA) is 152 Å². The number of hydrogen-bond acceptors (Lipinski definition) is 10. The second-order valence-corrected chi connectivity index (χ2v) is 11.6. The van der Waals surface area contributed by atoms with E-state index in [-0.39, 0.29) is 31.7 Å². The number of amides is 2. The molecule has 0 spiro atoms. The second kappa shape index (κ2) is 12.8. The summed E-state index contributed by atoms with van der Waals surface area (Å²) in [4.78, 5) is 47.9. The average Bonchev–Trinajstić information content (AvgIpc) is 3.73. The van der Waals surface area contributed by atoms with Gasteiger partial charge in [0.2, 0.25) is 5.91 Å². The summed E-state index contributed by atoms with van der Waals surface area (Å²) in [6.45, 7) is 3.75. The number of anilines is 1. The molecule has 1 saturated heterocycles. The van der Waals surface area contributed by atoms with Gasteiger partial charge in [0.15, 0.2) is 5.13 Å². The normalized spacial score (nSPS) is 18.8. The number of carbonyl (C=O) groups excluding carboxylic acids is 2. The Hall–Kier alpha value is -4.13. The van der Waals surface area contributed by atoms with Crippen LogP contribution in [0.4, 0.5) is 9.93 Å². The molecule has 2 aliphatic rings. The molecule has 2 atom stereocenters. The van der Waals surface area contributed by atoms with Crippen LogP contribution in [0.25, 0.3) is 22.3 Å². The van der Waals surface area contributed by atoms with Crippen molar-refractivity contribution in [1.29, 1.82) is 0 Å². The second-order valence-electron chi connectivity index (χ2n) is 10.8. The fourth-order valence-corrected chi connectivity index (χ4v) is 6.11. The van der Waals surface area contributed by atoms with Crippen molar-refractivity contribution in [3.63, 3.8) is 0 Å². The van der Waals surface area contributed by atoms with E-state index in [0.29, 0.717) is 33.8 Å². The fourth-order valence-electron chi connectivity index (χ4n) is 5.26. The van der Waals surface area contributed by atoms with Crippen molar-refractivity contribution < 1.29 is 33.7 Å². The van der Waals surface area contributed by atoms with E-state index >= 15 is 0 Å². The Balaban J connectivity index is 1.34. The molecule has 2 aromatic heterocycles. The maximum atomic E-state index is 13.0. The number of pyridine rings is 1. The van der Waals surface area contributed by atoms with Crippen molar-refractivity contribution in [3.05, 3.63) is 29.6 Å². The van der Waals surface area contributed by atoms with Crippen LogP contribution >= 0.6 is 11.3 Å². The number of aromatic nitrogens is 2. The maximum Gasteiger partial charge on any atom is 0.407 e. The molecule has 3 aromatic rings. The molecule has 1 aliphatic heterocycles. The number of methoxy groups -OCH3 is 1. The Kier molecular flexibility index (Phi) is 8.95. The van der Waals surface area contributed by atoms with Crippen LogP contribution in [0.15, 0.2) is 29.6 Å². The minimum Gasteiger partial charge on any atom is -0.497 e. The molecule has 13 heteroatoms. The standard InChI is InChI=1S/C29H35N5O7S/c1-16(2)31-28-33-23(15-42-28)22-12-25(20-9-8-18(39-3)10-21(20)32-22)40-19-11-24(27(36)37)34(14-19)26(35)13-30-29(38)41-17-6-4-5-7-17/h8-10,12,15-17,19,24H,4-7,11,13-14H2,1-3H3,(H,30,38)(H,31,33)(H,36,37)/t19-,24+/m1/s1. The van der Waals surface area contributed by atoms with Crippen molar-refractivity contribution in [2.24, 2.45) is 0 Å². The molecule has 2 amide bonds. The number of carboxylic acid groups (broad SMARTS) is 1. The largest absolute Gasteiger partial charge is 0.497 e. The lowest BCUT2D eigenvalue weighted by Gasteiger charge is -2.21. The highest BCUT2D eigenvalue weighted by Gasteiger charge is 2.41. The molecule has 3 N–H and O–H groups in total. The number of carboxylic acids is 1. The first-order valence-corrected chi connectivity index (χ1v) is 14.9. The van der Waals surface area contributed by atoms with Gasteiger partial charge < -0.3 is 34.9 Å². The summed E-state index contributed by atoms with van der Waals surface area (Å²) in [5.41, 5.74) is 1.88. The zero-order valence-corrected chi connectivity index (χ0v) is 24.6. The van der Waals surface area contributed by atoms with Crippen molar-refractivity contribution in [1.82, 2.24) is 20.2 Å². The Labute approximate surface area is 247 Å². The summed E-state index contributed by atoms with van der Waals surface area (Å²) < 4.78 is 17.1. The van der Waals surface area contributed by atoms with E-state index in [2.05, 4.69) is 15.6 Å². The van der Waals surface area contributed by atoms with E-state index in [0.717, 1.165) is 30.8 Å². The van der Waals surface area contributed by atoms with Gasteiger partial charge in [-0.05, 0) is 51.7 Å². The first kappa shape index (κ1) is 29.4. The third-order valence-corrected chi connectivity index (χ3v) is 8.05. The molecule has 1 aliphatic carbocycles. The molecule has 224 valence electrons. The molecular formula is C29H35N5O7S. The lowest BCUT2D eigenvalue weighted by molar-refractivity contribution is -0.147. The molecule has 2 fully saturated rings. The van der Waals surface area contributed by atoms with Gasteiger partial charge in [0.1, 0.15) is 42.0 Å². The summed E-state index contributed by atoms with van der Waals surface area (Å²) >= 11 is 1.47. The van der Waals surface area contributed by atoms with Gasteiger partial charge in [0.05, 0.1) is 24.9 Å². The molecule has 0 unspecified atom stereocenters. The van der Waals surface area contributed by atoms with Gasteiger partial charge >= 0.3 is 12.1 Å². The predicted molar refractivity (Wildman–Crippen MR) is 157 cm³/mol. The molecule has 0 radical (unpaired) electrons. The highest BCUT2D eigenvalue weighted by molar-refractivity contribution is 7.14. The van der Waals surface area contributed by atoms with Crippen molar-refractivity contribution in [2.45, 2.75) is 70.2 Å². The van der Waals surface area contributed by atoms with E-state index in [9.17, 15) is 19.5 Å². The maximum absolute atomic E-state index is 13.0. The van der Waals surface area contributed by atoms with Crippen LogP contribution < -0.4 is 20.1 Å². The van der Waals surface area contributed by atoms with Gasteiger partial charge in [-0.2, -0.15) is 0 Å². The number of hydrogen-bond donors (Lipinski definition) is 3. The SMILES string of the molecule is COc1ccc2c(O[C@@H]3C[C@@H](C(=O)O)N(C(=O)CNC(=O)OC4CCCC4)C3)cc(-c3csc(NC(C)C)n3)nc2c1. The number of carbonyl (C=O) groups is 3. The molecule has 12 nitrogen and oxygen atoms in total. The zero-order valence-electron chi connectivity index (χ0n) is 23.8. The lowest BCUT2D eigenvalue weighted by Crippen LogP contribution is -2.46. The molecule has 5 rings (SSSR count). The highest BCUT2D eigenvalue weighted by atomic mass is 32.1. The lowest BCUT2D eigenvalue weighted by atomic mass is 10.1. The summed E-state index contributed by atoms with van der Waals surface area (Å²) in [7, 11) is 1.58. The van der Waals surface area contributed by atoms with Crippen LogP contribution in [0.2, 0.25) is 0 Å². The average molecular weight is 598 g/mol. The van der Waals surface area contributed by atoms with Crippen LogP contribution in [0.5, 0.6) is 11.5 Å². The minimum absolute atomic E-state index is 0.0453. The van der Waals surface area contributed by atoms with E-state index in [1.54, 1.807) is 25.3 Å². The monoisotopic (exact) mass is 597 g/mol. The molecule has 1 saturated carbocycles. The number of nitrogens with one attached hydrogen (secondary N) is 2. The number of likely N-dealkylation sites (tertiary alicyclic amines) is 1. The van der Waals surface area contributed by atoms with Crippen molar-refractivity contribution in [3.8, 4) is 22.9 Å². The number of rotatable bonds is 10. The van der Waals surface area contributed by atoms with Gasteiger partial charge in [-0.1, -0.05) is 0 Å². The van der Waals surface area contributed by atoms with Crippen LogP contribution in [0.1, 0.15) is 46.0 Å². The molecular weight excluding hydrogens is 562 g/mol. The van der Waals surface area contributed by atoms with E-state index < -0.39 is 30.1 Å². The van der Waals surface area contributed by atoms with Gasteiger partial charge in [-0.3, -0.25) is 4.79 Å². The Morgan fingerprint density at radius 3 is 2.62 bits per heavy atom. The summed E-state index contributed by atoms with van der Waals surface area (Å²) in [5, 5.41) is 19.0. The van der Waals surface area contributed by atoms with Crippen LogP contribution in [-0.2, 0) is 14.3 Å². The fraction of sp³-hybridized carbons (Fsp3) is 0.483. The summed E-state index contributed by atoms with van der Waals surface area (Å²) in [5.74, 6) is -0.540. The molecule has 1 aromatic carbocycles. The zero-order chi connectivity index (χ0) is 29.8. The van der Waals surface area contributed by atoms with Gasteiger partial charge in [0, 0.05) is 35.4 Å². The molecule has 0 bridgehead atoms. The van der Waals surface area contributed by atoms with Crippen molar-refractivity contribution >= 4 is 45.3 Å².